The lowest BCUT2D eigenvalue weighted by Crippen LogP contribution is -1.67. The molecule has 0 fully saturated rings. The number of hydrogen-bond acceptors (Lipinski definition) is 1. The van der Waals surface area contributed by atoms with Gasteiger partial charge >= 0.3 is 0 Å². The zero-order chi connectivity index (χ0) is 7.82. The fourth-order valence-electron chi connectivity index (χ4n) is 0.545. The molecule has 0 rings (SSSR count). The van der Waals surface area contributed by atoms with Gasteiger partial charge in [0.1, 0.15) is 0 Å². The zero-order valence-corrected chi connectivity index (χ0v) is 7.45. The summed E-state index contributed by atoms with van der Waals surface area (Å²) in [4.78, 5) is 1.35. The van der Waals surface area contributed by atoms with Crippen molar-refractivity contribution in [1.29, 1.82) is 0 Å². The van der Waals surface area contributed by atoms with E-state index in [9.17, 15) is 0 Å². The molecule has 0 nitrogen and oxygen atoms in total. The van der Waals surface area contributed by atoms with Crippen molar-refractivity contribution in [2.24, 2.45) is 0 Å². The molecule has 0 saturated carbocycles. The van der Waals surface area contributed by atoms with Crippen LogP contribution in [0, 0.1) is 0 Å². The van der Waals surface area contributed by atoms with Crippen molar-refractivity contribution in [2.75, 3.05) is 5.75 Å². The van der Waals surface area contributed by atoms with Crippen molar-refractivity contribution >= 4 is 11.8 Å². The third-order valence-electron chi connectivity index (χ3n) is 0.950. The van der Waals surface area contributed by atoms with E-state index >= 15 is 0 Å². The average Bonchev–Trinajstić information content (AvgIpc) is 1.89. The minimum absolute atomic E-state index is 1.14. The van der Waals surface area contributed by atoms with Crippen molar-refractivity contribution in [3.63, 3.8) is 0 Å². The lowest BCUT2D eigenvalue weighted by molar-refractivity contribution is 1.52. The SMILES string of the molecule is C=C/C=C\C=C(/C)SCC. The fraction of sp³-hybridized carbons (Fsp3) is 0.333. The molecule has 0 radical (unpaired) electrons. The molecule has 0 spiro atoms. The van der Waals surface area contributed by atoms with Crippen molar-refractivity contribution in [3.8, 4) is 0 Å². The van der Waals surface area contributed by atoms with Crippen LogP contribution < -0.4 is 0 Å². The monoisotopic (exact) mass is 154 g/mol. The highest BCUT2D eigenvalue weighted by atomic mass is 32.2. The van der Waals surface area contributed by atoms with Gasteiger partial charge in [-0.15, -0.1) is 11.8 Å². The van der Waals surface area contributed by atoms with Crippen LogP contribution in [-0.2, 0) is 0 Å². The highest BCUT2D eigenvalue weighted by molar-refractivity contribution is 8.03. The summed E-state index contributed by atoms with van der Waals surface area (Å²) in [5.41, 5.74) is 0. The lowest BCUT2D eigenvalue weighted by atomic mass is 10.4. The second-order valence-electron chi connectivity index (χ2n) is 1.83. The van der Waals surface area contributed by atoms with Crippen molar-refractivity contribution in [2.45, 2.75) is 13.8 Å². The summed E-state index contributed by atoms with van der Waals surface area (Å²) in [5.74, 6) is 1.14. The summed E-state index contributed by atoms with van der Waals surface area (Å²) in [5, 5.41) is 0. The molecule has 0 aromatic carbocycles. The topological polar surface area (TPSA) is 0 Å². The van der Waals surface area contributed by atoms with Gasteiger partial charge in [0.25, 0.3) is 0 Å². The number of hydrogen-bond donors (Lipinski definition) is 0. The van der Waals surface area contributed by atoms with E-state index in [2.05, 4.69) is 26.5 Å². The van der Waals surface area contributed by atoms with Gasteiger partial charge in [-0.05, 0) is 17.6 Å². The van der Waals surface area contributed by atoms with Gasteiger partial charge in [-0.1, -0.05) is 37.8 Å². The van der Waals surface area contributed by atoms with E-state index in [-0.39, 0.29) is 0 Å². The highest BCUT2D eigenvalue weighted by Gasteiger charge is 1.81. The van der Waals surface area contributed by atoms with Crippen LogP contribution in [0.1, 0.15) is 13.8 Å². The second-order valence-corrected chi connectivity index (χ2v) is 3.34. The van der Waals surface area contributed by atoms with E-state index in [1.54, 1.807) is 6.08 Å². The van der Waals surface area contributed by atoms with E-state index in [1.807, 2.05) is 23.9 Å². The van der Waals surface area contributed by atoms with E-state index < -0.39 is 0 Å². The molecule has 0 bridgehead atoms. The first-order valence-electron chi connectivity index (χ1n) is 3.40. The van der Waals surface area contributed by atoms with Gasteiger partial charge in [0.2, 0.25) is 0 Å². The molecule has 56 valence electrons. The third-order valence-corrected chi connectivity index (χ3v) is 1.83. The smallest absolute Gasteiger partial charge is 0.00518 e. The molecule has 0 N–H and O–H groups in total. The standard InChI is InChI=1S/C9H14S/c1-4-6-7-8-9(3)10-5-2/h4,6-8H,1,5H2,2-3H3/b7-6-,9-8+. The average molecular weight is 154 g/mol. The van der Waals surface area contributed by atoms with Crippen molar-refractivity contribution in [1.82, 2.24) is 0 Å². The molecular formula is C9H14S. The second kappa shape index (κ2) is 6.69. The van der Waals surface area contributed by atoms with Crippen LogP contribution >= 0.6 is 11.8 Å². The molecule has 10 heavy (non-hydrogen) atoms. The summed E-state index contributed by atoms with van der Waals surface area (Å²) in [6, 6.07) is 0. The summed E-state index contributed by atoms with van der Waals surface area (Å²) in [6.45, 7) is 7.85. The molecule has 0 saturated heterocycles. The maximum atomic E-state index is 3.58. The number of rotatable bonds is 4. The fourth-order valence-corrected chi connectivity index (χ4v) is 1.18. The van der Waals surface area contributed by atoms with Crippen LogP contribution in [0.25, 0.3) is 0 Å². The molecule has 0 aromatic heterocycles. The van der Waals surface area contributed by atoms with Crippen molar-refractivity contribution < 1.29 is 0 Å². The molecule has 0 aliphatic carbocycles. The first-order valence-corrected chi connectivity index (χ1v) is 4.38. The molecule has 0 atom stereocenters. The van der Waals surface area contributed by atoms with Gasteiger partial charge in [0, 0.05) is 0 Å². The predicted octanol–water partition coefficient (Wildman–Crippen LogP) is 3.39. The van der Waals surface area contributed by atoms with Gasteiger partial charge in [-0.2, -0.15) is 0 Å². The van der Waals surface area contributed by atoms with Gasteiger partial charge in [-0.3, -0.25) is 0 Å². The molecule has 0 aliphatic rings. The molecule has 0 unspecified atom stereocenters. The van der Waals surface area contributed by atoms with Crippen molar-refractivity contribution in [3.05, 3.63) is 35.8 Å². The molecule has 0 heterocycles. The minimum Gasteiger partial charge on any atom is -0.131 e. The summed E-state index contributed by atoms with van der Waals surface area (Å²) in [7, 11) is 0. The van der Waals surface area contributed by atoms with Gasteiger partial charge in [0.15, 0.2) is 0 Å². The largest absolute Gasteiger partial charge is 0.131 e. The third kappa shape index (κ3) is 5.70. The Morgan fingerprint density at radius 2 is 2.20 bits per heavy atom. The summed E-state index contributed by atoms with van der Waals surface area (Å²) >= 11 is 1.86. The van der Waals surface area contributed by atoms with Crippen LogP contribution in [0.4, 0.5) is 0 Å². The first-order chi connectivity index (χ1) is 4.81. The van der Waals surface area contributed by atoms with E-state index in [0.717, 1.165) is 5.75 Å². The summed E-state index contributed by atoms with van der Waals surface area (Å²) in [6.07, 6.45) is 7.81. The molecule has 1 heteroatoms. The van der Waals surface area contributed by atoms with Gasteiger partial charge < -0.3 is 0 Å². The summed E-state index contributed by atoms with van der Waals surface area (Å²) < 4.78 is 0. The van der Waals surface area contributed by atoms with Gasteiger partial charge in [-0.25, -0.2) is 0 Å². The van der Waals surface area contributed by atoms with Crippen LogP contribution in [0.3, 0.4) is 0 Å². The number of allylic oxidation sites excluding steroid dienone is 5. The predicted molar refractivity (Wildman–Crippen MR) is 51.2 cm³/mol. The Morgan fingerprint density at radius 1 is 1.50 bits per heavy atom. The van der Waals surface area contributed by atoms with Crippen LogP contribution in [0.2, 0.25) is 0 Å². The maximum Gasteiger partial charge on any atom is -0.00518 e. The van der Waals surface area contributed by atoms with Crippen LogP contribution in [0.15, 0.2) is 35.8 Å². The van der Waals surface area contributed by atoms with Gasteiger partial charge in [0.05, 0.1) is 0 Å². The Balaban J connectivity index is 3.67. The molecular weight excluding hydrogens is 140 g/mol. The number of thioether (sulfide) groups is 1. The quantitative estimate of drug-likeness (QED) is 0.559. The first kappa shape index (κ1) is 9.57. The highest BCUT2D eigenvalue weighted by Crippen LogP contribution is 2.12. The Labute approximate surface area is 67.7 Å². The lowest BCUT2D eigenvalue weighted by Gasteiger charge is -1.92. The van der Waals surface area contributed by atoms with E-state index in [4.69, 9.17) is 0 Å². The molecule has 0 amide bonds. The Hall–Kier alpha value is -0.430. The Bertz CT molecular complexity index is 143. The van der Waals surface area contributed by atoms with E-state index in [0.29, 0.717) is 0 Å². The zero-order valence-electron chi connectivity index (χ0n) is 6.63. The van der Waals surface area contributed by atoms with E-state index in [1.165, 1.54) is 4.91 Å². The normalized spacial score (nSPS) is 12.4. The van der Waals surface area contributed by atoms with Crippen LogP contribution in [-0.4, -0.2) is 5.75 Å². The maximum absolute atomic E-state index is 3.58. The minimum atomic E-state index is 1.14. The molecule has 0 aromatic rings. The molecule has 0 aliphatic heterocycles. The van der Waals surface area contributed by atoms with Crippen LogP contribution in [0.5, 0.6) is 0 Å². The Kier molecular flexibility index (Phi) is 6.40. The Morgan fingerprint density at radius 3 is 2.70 bits per heavy atom.